The van der Waals surface area contributed by atoms with Gasteiger partial charge < -0.3 is 4.74 Å². The molecule has 3 aromatic rings. The highest BCUT2D eigenvalue weighted by Crippen LogP contribution is 2.27. The van der Waals surface area contributed by atoms with Crippen molar-refractivity contribution in [2.45, 2.75) is 13.3 Å². The van der Waals surface area contributed by atoms with Gasteiger partial charge in [-0.15, -0.1) is 11.3 Å². The molecule has 0 unspecified atom stereocenters. The predicted molar refractivity (Wildman–Crippen MR) is 104 cm³/mol. The average molecular weight is 383 g/mol. The number of nitrogens with zero attached hydrogens (tertiary/aromatic N) is 2. The van der Waals surface area contributed by atoms with E-state index in [0.29, 0.717) is 28.6 Å². The number of benzene rings is 2. The molecule has 0 atom stereocenters. The van der Waals surface area contributed by atoms with E-state index in [9.17, 15) is 14.9 Å². The van der Waals surface area contributed by atoms with Crippen molar-refractivity contribution in [1.82, 2.24) is 4.98 Å². The quantitative estimate of drug-likeness (QED) is 0.469. The number of anilines is 1. The second-order valence-corrected chi connectivity index (χ2v) is 6.53. The lowest BCUT2D eigenvalue weighted by Gasteiger charge is -2.05. The summed E-state index contributed by atoms with van der Waals surface area (Å²) in [6.07, 6.45) is 0.916. The fourth-order valence-electron chi connectivity index (χ4n) is 2.33. The second-order valence-electron chi connectivity index (χ2n) is 5.67. The van der Waals surface area contributed by atoms with Crippen LogP contribution in [0.4, 0.5) is 10.8 Å². The van der Waals surface area contributed by atoms with E-state index in [1.54, 1.807) is 41.8 Å². The van der Waals surface area contributed by atoms with Crippen molar-refractivity contribution in [2.24, 2.45) is 0 Å². The van der Waals surface area contributed by atoms with Gasteiger partial charge >= 0.3 is 0 Å². The monoisotopic (exact) mass is 383 g/mol. The fourth-order valence-corrected chi connectivity index (χ4v) is 3.05. The van der Waals surface area contributed by atoms with Crippen molar-refractivity contribution in [3.05, 3.63) is 69.6 Å². The van der Waals surface area contributed by atoms with Crippen LogP contribution in [0.3, 0.4) is 0 Å². The Labute approximate surface area is 159 Å². The first-order chi connectivity index (χ1) is 13.1. The fraction of sp³-hybridized carbons (Fsp3) is 0.158. The van der Waals surface area contributed by atoms with Crippen LogP contribution in [0.1, 0.15) is 23.7 Å². The Bertz CT molecular complexity index is 954. The number of rotatable bonds is 7. The number of nitro groups is 1. The molecular weight excluding hydrogens is 366 g/mol. The molecule has 0 bridgehead atoms. The molecule has 0 radical (unpaired) electrons. The van der Waals surface area contributed by atoms with Gasteiger partial charge in [0, 0.05) is 28.6 Å². The van der Waals surface area contributed by atoms with Crippen molar-refractivity contribution in [3.8, 4) is 17.0 Å². The molecule has 8 heteroatoms. The molecule has 0 aliphatic rings. The number of ether oxygens (including phenoxy) is 1. The molecule has 1 aromatic heterocycles. The van der Waals surface area contributed by atoms with Gasteiger partial charge in [-0.25, -0.2) is 4.98 Å². The van der Waals surface area contributed by atoms with Crippen LogP contribution in [0.15, 0.2) is 53.9 Å². The Morgan fingerprint density at radius 2 is 2.04 bits per heavy atom. The lowest BCUT2D eigenvalue weighted by atomic mass is 10.1. The van der Waals surface area contributed by atoms with Crippen LogP contribution in [0.2, 0.25) is 0 Å². The minimum atomic E-state index is -0.452. The maximum atomic E-state index is 12.4. The van der Waals surface area contributed by atoms with Gasteiger partial charge in [-0.1, -0.05) is 19.1 Å². The Kier molecular flexibility index (Phi) is 5.77. The molecule has 0 aliphatic carbocycles. The summed E-state index contributed by atoms with van der Waals surface area (Å²) in [4.78, 5) is 27.1. The van der Waals surface area contributed by atoms with Crippen LogP contribution in [-0.2, 0) is 0 Å². The first-order valence-electron chi connectivity index (χ1n) is 8.31. The van der Waals surface area contributed by atoms with E-state index >= 15 is 0 Å². The molecule has 0 spiro atoms. The van der Waals surface area contributed by atoms with Crippen LogP contribution < -0.4 is 10.1 Å². The summed E-state index contributed by atoms with van der Waals surface area (Å²) in [5.74, 6) is 0.438. The highest BCUT2D eigenvalue weighted by molar-refractivity contribution is 7.14. The topological polar surface area (TPSA) is 94.4 Å². The maximum absolute atomic E-state index is 12.4. The van der Waals surface area contributed by atoms with Crippen LogP contribution in [0.5, 0.6) is 5.75 Å². The number of thiazole rings is 1. The van der Waals surface area contributed by atoms with Gasteiger partial charge in [0.05, 0.1) is 17.2 Å². The SMILES string of the molecule is CCCOc1ccc(C(=O)Nc2nc(-c3cccc([N+](=O)[O-])c3)cs2)cc1. The van der Waals surface area contributed by atoms with Crippen molar-refractivity contribution in [1.29, 1.82) is 0 Å². The molecule has 7 nitrogen and oxygen atoms in total. The number of amides is 1. The van der Waals surface area contributed by atoms with Crippen molar-refractivity contribution in [2.75, 3.05) is 11.9 Å². The summed E-state index contributed by atoms with van der Waals surface area (Å²) in [6.45, 7) is 2.66. The van der Waals surface area contributed by atoms with Gasteiger partial charge in [0.2, 0.25) is 0 Å². The standard InChI is InChI=1S/C19H17N3O4S/c1-2-10-26-16-8-6-13(7-9-16)18(23)21-19-20-17(12-27-19)14-4-3-5-15(11-14)22(24)25/h3-9,11-12H,2,10H2,1H3,(H,20,21,23). The van der Waals surface area contributed by atoms with Gasteiger partial charge in [0.1, 0.15) is 5.75 Å². The normalized spacial score (nSPS) is 10.4. The molecule has 3 rings (SSSR count). The third-order valence-corrected chi connectivity index (χ3v) is 4.42. The van der Waals surface area contributed by atoms with E-state index in [4.69, 9.17) is 4.74 Å². The summed E-state index contributed by atoms with van der Waals surface area (Å²) in [5.41, 5.74) is 1.68. The molecule has 138 valence electrons. The average Bonchev–Trinajstić information content (AvgIpc) is 3.15. The number of hydrogen-bond acceptors (Lipinski definition) is 6. The van der Waals surface area contributed by atoms with E-state index in [2.05, 4.69) is 10.3 Å². The predicted octanol–water partition coefficient (Wildman–Crippen LogP) is 4.76. The highest BCUT2D eigenvalue weighted by Gasteiger charge is 2.12. The van der Waals surface area contributed by atoms with Gasteiger partial charge in [-0.2, -0.15) is 0 Å². The third kappa shape index (κ3) is 4.68. The zero-order valence-electron chi connectivity index (χ0n) is 14.5. The highest BCUT2D eigenvalue weighted by atomic mass is 32.1. The summed E-state index contributed by atoms with van der Waals surface area (Å²) < 4.78 is 5.50. The Hall–Kier alpha value is -3.26. The van der Waals surface area contributed by atoms with Gasteiger partial charge in [-0.3, -0.25) is 20.2 Å². The lowest BCUT2D eigenvalue weighted by molar-refractivity contribution is -0.384. The molecular formula is C19H17N3O4S. The Balaban J connectivity index is 1.69. The molecule has 27 heavy (non-hydrogen) atoms. The zero-order valence-corrected chi connectivity index (χ0v) is 15.4. The smallest absolute Gasteiger partial charge is 0.270 e. The largest absolute Gasteiger partial charge is 0.494 e. The van der Waals surface area contributed by atoms with Gasteiger partial charge in [-0.05, 0) is 30.7 Å². The van der Waals surface area contributed by atoms with Crippen LogP contribution >= 0.6 is 11.3 Å². The summed E-state index contributed by atoms with van der Waals surface area (Å²) in [5, 5.41) is 15.8. The summed E-state index contributed by atoms with van der Waals surface area (Å²) >= 11 is 1.26. The number of aromatic nitrogens is 1. The van der Waals surface area contributed by atoms with Crippen molar-refractivity contribution >= 4 is 28.1 Å². The second kappa shape index (κ2) is 8.41. The van der Waals surface area contributed by atoms with E-state index < -0.39 is 4.92 Å². The number of hydrogen-bond donors (Lipinski definition) is 1. The van der Waals surface area contributed by atoms with Crippen LogP contribution in [0.25, 0.3) is 11.3 Å². The first-order valence-corrected chi connectivity index (χ1v) is 9.19. The molecule has 1 amide bonds. The maximum Gasteiger partial charge on any atom is 0.270 e. The van der Waals surface area contributed by atoms with Gasteiger partial charge in [0.15, 0.2) is 5.13 Å². The number of nitro benzene ring substituents is 1. The molecule has 0 saturated heterocycles. The Morgan fingerprint density at radius 1 is 1.26 bits per heavy atom. The lowest BCUT2D eigenvalue weighted by Crippen LogP contribution is -2.11. The van der Waals surface area contributed by atoms with E-state index in [1.165, 1.54) is 23.5 Å². The summed E-state index contributed by atoms with van der Waals surface area (Å²) in [7, 11) is 0. The van der Waals surface area contributed by atoms with Crippen LogP contribution in [0, 0.1) is 10.1 Å². The number of nitrogens with one attached hydrogen (secondary N) is 1. The van der Waals surface area contributed by atoms with Crippen LogP contribution in [-0.4, -0.2) is 22.4 Å². The zero-order chi connectivity index (χ0) is 19.2. The Morgan fingerprint density at radius 3 is 2.74 bits per heavy atom. The molecule has 2 aromatic carbocycles. The number of carbonyl (C=O) groups excluding carboxylic acids is 1. The van der Waals surface area contributed by atoms with E-state index in [-0.39, 0.29) is 11.6 Å². The van der Waals surface area contributed by atoms with Gasteiger partial charge in [0.25, 0.3) is 11.6 Å². The molecule has 0 saturated carbocycles. The molecule has 1 heterocycles. The minimum Gasteiger partial charge on any atom is -0.494 e. The third-order valence-electron chi connectivity index (χ3n) is 3.67. The summed E-state index contributed by atoms with van der Waals surface area (Å²) in [6, 6.07) is 13.1. The molecule has 0 aliphatic heterocycles. The van der Waals surface area contributed by atoms with E-state index in [1.807, 2.05) is 6.92 Å². The minimum absolute atomic E-state index is 0.00327. The van der Waals surface area contributed by atoms with Crippen molar-refractivity contribution < 1.29 is 14.5 Å². The number of non-ortho nitro benzene ring substituents is 1. The molecule has 0 fully saturated rings. The first kappa shape index (κ1) is 18.5. The van der Waals surface area contributed by atoms with Crippen molar-refractivity contribution in [3.63, 3.8) is 0 Å². The molecule has 1 N–H and O–H groups in total. The number of carbonyl (C=O) groups is 1. The van der Waals surface area contributed by atoms with E-state index in [0.717, 1.165) is 12.2 Å².